The first-order valence-electron chi connectivity index (χ1n) is 16.0. The highest BCUT2D eigenvalue weighted by atomic mass is 35.5. The van der Waals surface area contributed by atoms with E-state index in [4.69, 9.17) is 5.73 Å². The maximum Gasteiger partial charge on any atom is 0.193 e. The molecule has 45 heavy (non-hydrogen) atoms. The predicted molar refractivity (Wildman–Crippen MR) is 181 cm³/mol. The molecule has 238 valence electrons. The van der Waals surface area contributed by atoms with Gasteiger partial charge in [0.2, 0.25) is 0 Å². The maximum atomic E-state index is 15.6. The molecule has 1 saturated carbocycles. The monoisotopic (exact) mass is 631 g/mol. The second kappa shape index (κ2) is 13.1. The molecule has 2 N–H and O–H groups in total. The molecule has 0 unspecified atom stereocenters. The third-order valence-corrected chi connectivity index (χ3v) is 9.57. The van der Waals surface area contributed by atoms with Gasteiger partial charge < -0.3 is 20.1 Å². The molecule has 1 aliphatic carbocycles. The van der Waals surface area contributed by atoms with Crippen LogP contribution >= 0.6 is 12.4 Å². The van der Waals surface area contributed by atoms with Crippen LogP contribution in [0.3, 0.4) is 0 Å². The van der Waals surface area contributed by atoms with Crippen LogP contribution in [-0.2, 0) is 13.1 Å². The van der Waals surface area contributed by atoms with Crippen LogP contribution in [0.5, 0.6) is 0 Å². The summed E-state index contributed by atoms with van der Waals surface area (Å²) in [5, 5.41) is 0.467. The van der Waals surface area contributed by atoms with Crippen LogP contribution in [0.4, 0.5) is 15.8 Å². The quantitative estimate of drug-likeness (QED) is 0.274. The zero-order valence-corrected chi connectivity index (χ0v) is 27.0. The Morgan fingerprint density at radius 1 is 0.956 bits per heavy atom. The Hall–Kier alpha value is -3.53. The number of aryl methyl sites for hydroxylation is 2. The van der Waals surface area contributed by atoms with E-state index in [9.17, 15) is 4.79 Å². The predicted octanol–water partition coefficient (Wildman–Crippen LogP) is 5.51. The summed E-state index contributed by atoms with van der Waals surface area (Å²) in [7, 11) is 0. The number of nitrogens with zero attached hydrogens (tertiary/aromatic N) is 6. The van der Waals surface area contributed by atoms with Gasteiger partial charge in [0.15, 0.2) is 5.43 Å². The van der Waals surface area contributed by atoms with Crippen molar-refractivity contribution in [1.29, 1.82) is 0 Å². The molecule has 1 aromatic carbocycles. The van der Waals surface area contributed by atoms with E-state index in [0.29, 0.717) is 36.7 Å². The van der Waals surface area contributed by atoms with Crippen molar-refractivity contribution in [3.63, 3.8) is 0 Å². The molecule has 5 heterocycles. The van der Waals surface area contributed by atoms with Crippen LogP contribution in [0, 0.1) is 19.7 Å². The van der Waals surface area contributed by atoms with Crippen molar-refractivity contribution >= 4 is 34.7 Å². The standard InChI is InChI=1S/C35H42FN7O.ClH/c1-23-5-6-29(17-39-23)40-12-3-4-30(22-40)42(18-25-9-11-38-24(2)14-25)19-26-20-43(28-7-8-28)33-16-34(41-13-10-27(37)21-41)32(36)15-31(33)35(26)44;/h5-6,9,11,14-17,20,27-28,30H,3-4,7-8,10,12-13,18-19,21-22,37H2,1-2H3;1H/t27-,30+;/m1./s1. The lowest BCUT2D eigenvalue weighted by Crippen LogP contribution is -2.48. The van der Waals surface area contributed by atoms with Crippen molar-refractivity contribution < 1.29 is 4.39 Å². The normalized spacial score (nSPS) is 20.2. The van der Waals surface area contributed by atoms with E-state index in [-0.39, 0.29) is 35.7 Å². The molecule has 0 radical (unpaired) electrons. The van der Waals surface area contributed by atoms with E-state index in [1.807, 2.05) is 37.2 Å². The zero-order valence-electron chi connectivity index (χ0n) is 26.2. The van der Waals surface area contributed by atoms with Crippen molar-refractivity contribution in [1.82, 2.24) is 19.4 Å². The Kier molecular flexibility index (Phi) is 9.13. The fraction of sp³-hybridized carbons (Fsp3) is 0.457. The first-order chi connectivity index (χ1) is 21.3. The highest BCUT2D eigenvalue weighted by Crippen LogP contribution is 2.38. The molecule has 0 bridgehead atoms. The fourth-order valence-electron chi connectivity index (χ4n) is 7.04. The summed E-state index contributed by atoms with van der Waals surface area (Å²) in [6.07, 6.45) is 11.0. The molecule has 3 aliphatic rings. The van der Waals surface area contributed by atoms with Gasteiger partial charge in [-0.2, -0.15) is 0 Å². The van der Waals surface area contributed by atoms with Crippen molar-refractivity contribution in [3.05, 3.63) is 93.5 Å². The second-order valence-corrected chi connectivity index (χ2v) is 13.0. The zero-order chi connectivity index (χ0) is 30.4. The Morgan fingerprint density at radius 3 is 2.51 bits per heavy atom. The first kappa shape index (κ1) is 31.5. The third kappa shape index (κ3) is 6.71. The lowest BCUT2D eigenvalue weighted by atomic mass is 10.0. The van der Waals surface area contributed by atoms with Crippen molar-refractivity contribution in [2.75, 3.05) is 36.0 Å². The summed E-state index contributed by atoms with van der Waals surface area (Å²) in [5.74, 6) is -0.345. The number of piperidine rings is 1. The number of anilines is 2. The summed E-state index contributed by atoms with van der Waals surface area (Å²) in [4.78, 5) is 30.0. The van der Waals surface area contributed by atoms with E-state index in [1.54, 1.807) is 0 Å². The lowest BCUT2D eigenvalue weighted by molar-refractivity contribution is 0.158. The molecule has 2 saturated heterocycles. The average Bonchev–Trinajstić information content (AvgIpc) is 3.78. The number of benzene rings is 1. The fourth-order valence-corrected chi connectivity index (χ4v) is 7.04. The van der Waals surface area contributed by atoms with Gasteiger partial charge >= 0.3 is 0 Å². The largest absolute Gasteiger partial charge is 0.369 e. The number of aromatic nitrogens is 3. The SMILES string of the molecule is Cc1ccc(N2CCC[C@H](N(Cc3ccnc(C)c3)Cc3cn(C4CC4)c4cc(N5CC[C@@H](N)C5)c(F)cc4c3=O)C2)cn1.Cl. The number of rotatable bonds is 8. The van der Waals surface area contributed by atoms with Crippen molar-refractivity contribution in [2.24, 2.45) is 5.73 Å². The first-order valence-corrected chi connectivity index (χ1v) is 16.0. The molecule has 4 aromatic rings. The summed E-state index contributed by atoms with van der Waals surface area (Å²) >= 11 is 0. The second-order valence-electron chi connectivity index (χ2n) is 13.0. The highest BCUT2D eigenvalue weighted by Gasteiger charge is 2.30. The number of fused-ring (bicyclic) bond motifs is 1. The van der Waals surface area contributed by atoms with Gasteiger partial charge in [0.05, 0.1) is 23.1 Å². The minimum absolute atomic E-state index is 0. The summed E-state index contributed by atoms with van der Waals surface area (Å²) in [5.41, 5.74) is 12.5. The van der Waals surface area contributed by atoms with Gasteiger partial charge in [0, 0.05) is 92.1 Å². The topological polar surface area (TPSA) is 83.5 Å². The van der Waals surface area contributed by atoms with Crippen molar-refractivity contribution in [2.45, 2.75) is 77.2 Å². The van der Waals surface area contributed by atoms with Gasteiger partial charge in [-0.25, -0.2) is 4.39 Å². The number of pyridine rings is 3. The number of halogens is 2. The Balaban J connectivity index is 0.00000357. The molecule has 7 rings (SSSR count). The van der Waals surface area contributed by atoms with Gasteiger partial charge in [0.25, 0.3) is 0 Å². The van der Waals surface area contributed by atoms with Crippen LogP contribution in [0.1, 0.15) is 60.7 Å². The van der Waals surface area contributed by atoms with Crippen LogP contribution in [0.25, 0.3) is 10.9 Å². The molecule has 2 aliphatic heterocycles. The molecule has 8 nitrogen and oxygen atoms in total. The Labute approximate surface area is 270 Å². The summed E-state index contributed by atoms with van der Waals surface area (Å²) in [6, 6.07) is 12.4. The highest BCUT2D eigenvalue weighted by molar-refractivity contribution is 5.85. The molecule has 2 atom stereocenters. The third-order valence-electron chi connectivity index (χ3n) is 9.57. The van der Waals surface area contributed by atoms with Crippen LogP contribution < -0.4 is 21.0 Å². The van der Waals surface area contributed by atoms with Gasteiger partial charge in [-0.3, -0.25) is 19.7 Å². The summed E-state index contributed by atoms with van der Waals surface area (Å²) < 4.78 is 17.8. The number of nitrogens with two attached hydrogens (primary N) is 1. The molecular weight excluding hydrogens is 589 g/mol. The minimum atomic E-state index is -0.345. The lowest BCUT2D eigenvalue weighted by Gasteiger charge is -2.40. The van der Waals surface area contributed by atoms with Gasteiger partial charge in [0.1, 0.15) is 5.82 Å². The van der Waals surface area contributed by atoms with Gasteiger partial charge in [-0.1, -0.05) is 0 Å². The van der Waals surface area contributed by atoms with Crippen LogP contribution in [0.2, 0.25) is 0 Å². The maximum absolute atomic E-state index is 15.6. The smallest absolute Gasteiger partial charge is 0.193 e. The van der Waals surface area contributed by atoms with Crippen molar-refractivity contribution in [3.8, 4) is 0 Å². The van der Waals surface area contributed by atoms with E-state index < -0.39 is 0 Å². The van der Waals surface area contributed by atoms with Crippen LogP contribution in [0.15, 0.2) is 59.8 Å². The molecule has 10 heteroatoms. The molecule has 3 aromatic heterocycles. The van der Waals surface area contributed by atoms with E-state index in [0.717, 1.165) is 79.9 Å². The van der Waals surface area contributed by atoms with Gasteiger partial charge in [-0.05, 0) is 87.9 Å². The minimum Gasteiger partial charge on any atom is -0.369 e. The van der Waals surface area contributed by atoms with E-state index in [1.165, 1.54) is 11.6 Å². The average molecular weight is 632 g/mol. The molecule has 0 amide bonds. The number of hydrogen-bond donors (Lipinski definition) is 1. The summed E-state index contributed by atoms with van der Waals surface area (Å²) in [6.45, 7) is 8.43. The van der Waals surface area contributed by atoms with Crippen LogP contribution in [-0.4, -0.2) is 57.7 Å². The molecule has 3 fully saturated rings. The van der Waals surface area contributed by atoms with E-state index in [2.05, 4.69) is 54.8 Å². The number of hydrogen-bond acceptors (Lipinski definition) is 7. The van der Waals surface area contributed by atoms with E-state index >= 15 is 4.39 Å². The molecule has 0 spiro atoms. The Bertz CT molecular complexity index is 1720. The molecular formula is C35H43ClFN7O. The van der Waals surface area contributed by atoms with Gasteiger partial charge in [-0.15, -0.1) is 12.4 Å². The Morgan fingerprint density at radius 2 is 1.80 bits per heavy atom.